The predicted molar refractivity (Wildman–Crippen MR) is 83.9 cm³/mol. The molecule has 1 fully saturated rings. The number of carbonyl (C=O) groups is 1. The van der Waals surface area contributed by atoms with E-state index in [1.165, 1.54) is 10.6 Å². The maximum atomic E-state index is 11.9. The van der Waals surface area contributed by atoms with Gasteiger partial charge in [0, 0.05) is 31.7 Å². The van der Waals surface area contributed by atoms with Crippen LogP contribution < -0.4 is 0 Å². The molecule has 1 aliphatic heterocycles. The molecule has 0 amide bonds. The Bertz CT molecular complexity index is 618. The minimum atomic E-state index is -3.33. The zero-order valence-electron chi connectivity index (χ0n) is 12.8. The van der Waals surface area contributed by atoms with Crippen LogP contribution in [0, 0.1) is 0 Å². The number of sulfonamides is 1. The van der Waals surface area contributed by atoms with Gasteiger partial charge in [0.15, 0.2) is 0 Å². The number of carboxylic acid groups (broad SMARTS) is 1. The van der Waals surface area contributed by atoms with E-state index in [2.05, 4.69) is 4.90 Å². The lowest BCUT2D eigenvalue weighted by molar-refractivity contribution is -0.139. The van der Waals surface area contributed by atoms with Gasteiger partial charge in [-0.15, -0.1) is 0 Å². The van der Waals surface area contributed by atoms with E-state index in [0.29, 0.717) is 19.6 Å². The highest BCUT2D eigenvalue weighted by atomic mass is 32.2. The second kappa shape index (κ2) is 6.76. The molecule has 0 spiro atoms. The monoisotopic (exact) mass is 326 g/mol. The first-order chi connectivity index (χ1) is 10.3. The molecule has 1 aromatic carbocycles. The summed E-state index contributed by atoms with van der Waals surface area (Å²) < 4.78 is 25.1. The Kier molecular flexibility index (Phi) is 5.20. The van der Waals surface area contributed by atoms with Crippen molar-refractivity contribution < 1.29 is 18.3 Å². The molecule has 6 nitrogen and oxygen atoms in total. The highest BCUT2D eigenvalue weighted by Crippen LogP contribution is 2.24. The van der Waals surface area contributed by atoms with Crippen LogP contribution in [0.25, 0.3) is 0 Å². The van der Waals surface area contributed by atoms with Crippen molar-refractivity contribution in [2.24, 2.45) is 0 Å². The van der Waals surface area contributed by atoms with Gasteiger partial charge in [-0.3, -0.25) is 9.69 Å². The van der Waals surface area contributed by atoms with E-state index in [9.17, 15) is 13.2 Å². The van der Waals surface area contributed by atoms with E-state index < -0.39 is 16.0 Å². The highest BCUT2D eigenvalue weighted by molar-refractivity contribution is 7.88. The summed E-state index contributed by atoms with van der Waals surface area (Å²) in [7, 11) is -3.33. The number of rotatable bonds is 5. The fourth-order valence-electron chi connectivity index (χ4n) is 3.05. The van der Waals surface area contributed by atoms with Crippen molar-refractivity contribution in [1.82, 2.24) is 9.21 Å². The quantitative estimate of drug-likeness (QED) is 0.873. The number of benzene rings is 1. The van der Waals surface area contributed by atoms with E-state index in [1.807, 2.05) is 30.3 Å². The summed E-state index contributed by atoms with van der Waals surface area (Å²) >= 11 is 0. The van der Waals surface area contributed by atoms with E-state index >= 15 is 0 Å². The molecule has 1 N–H and O–H groups in total. The number of hydrogen-bond acceptors (Lipinski definition) is 4. The molecule has 122 valence electrons. The maximum Gasteiger partial charge on any atom is 0.304 e. The third kappa shape index (κ3) is 4.06. The molecular weight excluding hydrogens is 304 g/mol. The molecule has 2 rings (SSSR count). The fraction of sp³-hybridized carbons (Fsp3) is 0.533. The molecule has 0 aromatic heterocycles. The Labute approximate surface area is 131 Å². The summed E-state index contributed by atoms with van der Waals surface area (Å²) in [6.45, 7) is 3.33. The van der Waals surface area contributed by atoms with Gasteiger partial charge in [-0.2, -0.15) is 4.31 Å². The van der Waals surface area contributed by atoms with Gasteiger partial charge in [-0.05, 0) is 12.5 Å². The number of nitrogens with zero attached hydrogens (tertiary/aromatic N) is 2. The van der Waals surface area contributed by atoms with Crippen LogP contribution in [0.2, 0.25) is 0 Å². The average Bonchev–Trinajstić information content (AvgIpc) is 2.42. The maximum absolute atomic E-state index is 11.9. The first-order valence-corrected chi connectivity index (χ1v) is 9.10. The molecule has 0 unspecified atom stereocenters. The first-order valence-electron chi connectivity index (χ1n) is 7.25. The van der Waals surface area contributed by atoms with Crippen molar-refractivity contribution in [2.75, 3.05) is 19.3 Å². The molecule has 7 heteroatoms. The molecule has 1 saturated heterocycles. The SMILES string of the molecule is C[C@@H]1[C@@H](CC(=O)O)N(Cc2ccccc2)CCN1S(C)(=O)=O. The van der Waals surface area contributed by atoms with Crippen LogP contribution in [-0.2, 0) is 21.4 Å². The molecule has 1 aromatic rings. The lowest BCUT2D eigenvalue weighted by atomic mass is 10.0. The summed E-state index contributed by atoms with van der Waals surface area (Å²) in [5, 5.41) is 9.16. The minimum Gasteiger partial charge on any atom is -0.481 e. The smallest absolute Gasteiger partial charge is 0.304 e. The topological polar surface area (TPSA) is 77.9 Å². The van der Waals surface area contributed by atoms with Gasteiger partial charge in [-0.25, -0.2) is 8.42 Å². The highest BCUT2D eigenvalue weighted by Gasteiger charge is 2.38. The van der Waals surface area contributed by atoms with Gasteiger partial charge in [0.25, 0.3) is 0 Å². The summed E-state index contributed by atoms with van der Waals surface area (Å²) in [4.78, 5) is 13.2. The molecular formula is C15H22N2O4S. The Balaban J connectivity index is 2.21. The van der Waals surface area contributed by atoms with Crippen LogP contribution in [0.4, 0.5) is 0 Å². The molecule has 0 radical (unpaired) electrons. The van der Waals surface area contributed by atoms with Gasteiger partial charge in [0.05, 0.1) is 12.7 Å². The molecule has 1 aliphatic rings. The minimum absolute atomic E-state index is 0.0694. The largest absolute Gasteiger partial charge is 0.481 e. The first kappa shape index (κ1) is 16.9. The Morgan fingerprint density at radius 2 is 1.91 bits per heavy atom. The summed E-state index contributed by atoms with van der Waals surface area (Å²) in [6, 6.07) is 9.11. The second-order valence-electron chi connectivity index (χ2n) is 5.74. The van der Waals surface area contributed by atoms with Gasteiger partial charge in [0.2, 0.25) is 10.0 Å². The van der Waals surface area contributed by atoms with Crippen molar-refractivity contribution in [3.63, 3.8) is 0 Å². The zero-order valence-corrected chi connectivity index (χ0v) is 13.7. The molecule has 1 heterocycles. The predicted octanol–water partition coefficient (Wildman–Crippen LogP) is 0.996. The van der Waals surface area contributed by atoms with Crippen LogP contribution in [-0.4, -0.2) is 60.1 Å². The molecule has 22 heavy (non-hydrogen) atoms. The number of aliphatic carboxylic acids is 1. The third-order valence-electron chi connectivity index (χ3n) is 4.13. The van der Waals surface area contributed by atoms with Crippen LogP contribution >= 0.6 is 0 Å². The van der Waals surface area contributed by atoms with E-state index in [1.54, 1.807) is 6.92 Å². The zero-order chi connectivity index (χ0) is 16.3. The van der Waals surface area contributed by atoms with Crippen molar-refractivity contribution in [3.05, 3.63) is 35.9 Å². The fourth-order valence-corrected chi connectivity index (χ4v) is 4.21. The lowest BCUT2D eigenvalue weighted by Gasteiger charge is -2.44. The standard InChI is InChI=1S/C15H22N2O4S/c1-12-14(10-15(18)19)16(8-9-17(12)22(2,20)21)11-13-6-4-3-5-7-13/h3-7,12,14H,8-11H2,1-2H3,(H,18,19)/t12-,14-/m1/s1. The summed E-state index contributed by atoms with van der Waals surface area (Å²) in [6.07, 6.45) is 1.11. The third-order valence-corrected chi connectivity index (χ3v) is 5.49. The Morgan fingerprint density at radius 1 is 1.27 bits per heavy atom. The second-order valence-corrected chi connectivity index (χ2v) is 7.67. The Morgan fingerprint density at radius 3 is 2.45 bits per heavy atom. The van der Waals surface area contributed by atoms with Crippen molar-refractivity contribution >= 4 is 16.0 Å². The van der Waals surface area contributed by atoms with E-state index in [4.69, 9.17) is 5.11 Å². The van der Waals surface area contributed by atoms with E-state index in [0.717, 1.165) is 5.56 Å². The van der Waals surface area contributed by atoms with Gasteiger partial charge < -0.3 is 5.11 Å². The van der Waals surface area contributed by atoms with Crippen LogP contribution in [0.3, 0.4) is 0 Å². The molecule has 0 saturated carbocycles. The van der Waals surface area contributed by atoms with Crippen LogP contribution in [0.15, 0.2) is 30.3 Å². The van der Waals surface area contributed by atoms with Gasteiger partial charge >= 0.3 is 5.97 Å². The van der Waals surface area contributed by atoms with Crippen molar-refractivity contribution in [2.45, 2.75) is 32.0 Å². The normalized spacial score (nSPS) is 24.3. The number of piperazine rings is 1. The number of hydrogen-bond donors (Lipinski definition) is 1. The van der Waals surface area contributed by atoms with Gasteiger partial charge in [-0.1, -0.05) is 30.3 Å². The number of carboxylic acids is 1. The van der Waals surface area contributed by atoms with Crippen molar-refractivity contribution in [1.29, 1.82) is 0 Å². The summed E-state index contributed by atoms with van der Waals surface area (Å²) in [5.74, 6) is -0.912. The molecule has 0 aliphatic carbocycles. The summed E-state index contributed by atoms with van der Waals surface area (Å²) in [5.41, 5.74) is 1.10. The van der Waals surface area contributed by atoms with Gasteiger partial charge in [0.1, 0.15) is 0 Å². The van der Waals surface area contributed by atoms with E-state index in [-0.39, 0.29) is 18.5 Å². The molecule has 2 atom stereocenters. The Hall–Kier alpha value is -1.44. The molecule has 0 bridgehead atoms. The average molecular weight is 326 g/mol. The van der Waals surface area contributed by atoms with Crippen LogP contribution in [0.1, 0.15) is 18.9 Å². The van der Waals surface area contributed by atoms with Crippen molar-refractivity contribution in [3.8, 4) is 0 Å². The van der Waals surface area contributed by atoms with Crippen LogP contribution in [0.5, 0.6) is 0 Å². The lowest BCUT2D eigenvalue weighted by Crippen LogP contribution is -2.59.